The van der Waals surface area contributed by atoms with Crippen LogP contribution >= 0.6 is 0 Å². The number of rotatable bonds is 12. The van der Waals surface area contributed by atoms with E-state index in [1.165, 1.54) is 12.8 Å². The minimum absolute atomic E-state index is 0.0977. The highest BCUT2D eigenvalue weighted by Gasteiger charge is 2.23. The number of carbonyl (C=O) groups excluding carboxylic acids is 2. The second-order valence-electron chi connectivity index (χ2n) is 5.73. The lowest BCUT2D eigenvalue weighted by atomic mass is 10.1. The number of unbranched alkanes of at least 4 members (excludes halogenated alkanes) is 4. The fourth-order valence-corrected chi connectivity index (χ4v) is 2.27. The Bertz CT molecular complexity index is 446. The van der Waals surface area contributed by atoms with Crippen molar-refractivity contribution in [2.45, 2.75) is 71.3 Å². The maximum absolute atomic E-state index is 12.1. The standard InChI is InChI=1S/C17H29N3O3/c1-3-5-6-7-8-9-16(21)20-15(17(22)23-10-4-2)11-14-12-18-13-19-14/h12-13,15H,3-11H2,1-2H3,(H,18,19)(H,20,21)/t15-/m0/s1. The van der Waals surface area contributed by atoms with Crippen molar-refractivity contribution in [2.24, 2.45) is 0 Å². The largest absolute Gasteiger partial charge is 0.464 e. The van der Waals surface area contributed by atoms with Crippen LogP contribution in [0.2, 0.25) is 0 Å². The van der Waals surface area contributed by atoms with E-state index in [1.54, 1.807) is 12.5 Å². The lowest BCUT2D eigenvalue weighted by Crippen LogP contribution is -2.43. The second kappa shape index (κ2) is 11.7. The van der Waals surface area contributed by atoms with E-state index in [2.05, 4.69) is 22.2 Å². The number of aromatic nitrogens is 2. The van der Waals surface area contributed by atoms with E-state index >= 15 is 0 Å². The summed E-state index contributed by atoms with van der Waals surface area (Å²) in [5.41, 5.74) is 0.798. The van der Waals surface area contributed by atoms with Gasteiger partial charge in [-0.1, -0.05) is 39.5 Å². The van der Waals surface area contributed by atoms with E-state index in [0.29, 0.717) is 19.4 Å². The Morgan fingerprint density at radius 2 is 2.00 bits per heavy atom. The summed E-state index contributed by atoms with van der Waals surface area (Å²) in [6, 6.07) is -0.662. The smallest absolute Gasteiger partial charge is 0.329 e. The zero-order chi connectivity index (χ0) is 16.9. The average Bonchev–Trinajstić information content (AvgIpc) is 3.04. The summed E-state index contributed by atoms with van der Waals surface area (Å²) in [7, 11) is 0. The molecule has 23 heavy (non-hydrogen) atoms. The maximum Gasteiger partial charge on any atom is 0.329 e. The van der Waals surface area contributed by atoms with E-state index < -0.39 is 6.04 Å². The van der Waals surface area contributed by atoms with Crippen LogP contribution in [0.5, 0.6) is 0 Å². The van der Waals surface area contributed by atoms with Crippen molar-refractivity contribution < 1.29 is 14.3 Å². The van der Waals surface area contributed by atoms with Crippen molar-refractivity contribution >= 4 is 11.9 Å². The zero-order valence-electron chi connectivity index (χ0n) is 14.3. The molecule has 0 aliphatic carbocycles. The number of nitrogens with one attached hydrogen (secondary N) is 2. The van der Waals surface area contributed by atoms with Gasteiger partial charge in [-0.05, 0) is 12.8 Å². The first kappa shape index (κ1) is 19.2. The van der Waals surface area contributed by atoms with Crippen LogP contribution in [0, 0.1) is 0 Å². The van der Waals surface area contributed by atoms with Gasteiger partial charge in [0, 0.05) is 24.7 Å². The molecule has 6 heteroatoms. The maximum atomic E-state index is 12.1. The Balaban J connectivity index is 2.44. The molecule has 0 saturated heterocycles. The molecule has 0 aliphatic heterocycles. The zero-order valence-corrected chi connectivity index (χ0v) is 14.3. The Labute approximate surface area is 138 Å². The van der Waals surface area contributed by atoms with Crippen molar-refractivity contribution in [3.8, 4) is 0 Å². The highest BCUT2D eigenvalue weighted by molar-refractivity contribution is 5.84. The van der Waals surface area contributed by atoms with Crippen LogP contribution < -0.4 is 5.32 Å². The number of carbonyl (C=O) groups is 2. The van der Waals surface area contributed by atoms with Crippen LogP contribution in [-0.2, 0) is 20.7 Å². The minimum Gasteiger partial charge on any atom is -0.464 e. The normalized spacial score (nSPS) is 11.9. The first-order valence-electron chi connectivity index (χ1n) is 8.60. The quantitative estimate of drug-likeness (QED) is 0.457. The van der Waals surface area contributed by atoms with E-state index in [4.69, 9.17) is 4.74 Å². The number of imidazole rings is 1. The van der Waals surface area contributed by atoms with E-state index in [0.717, 1.165) is 31.4 Å². The lowest BCUT2D eigenvalue weighted by molar-refractivity contribution is -0.147. The third kappa shape index (κ3) is 8.38. The fourth-order valence-electron chi connectivity index (χ4n) is 2.27. The topological polar surface area (TPSA) is 84.1 Å². The molecule has 1 aromatic rings. The Kier molecular flexibility index (Phi) is 9.75. The summed E-state index contributed by atoms with van der Waals surface area (Å²) in [5.74, 6) is -0.486. The molecule has 0 unspecified atom stereocenters. The molecule has 0 spiro atoms. The molecular formula is C17H29N3O3. The lowest BCUT2D eigenvalue weighted by Gasteiger charge is -2.17. The van der Waals surface area contributed by atoms with Crippen molar-refractivity contribution in [1.82, 2.24) is 15.3 Å². The van der Waals surface area contributed by atoms with Gasteiger partial charge in [0.2, 0.25) is 5.91 Å². The van der Waals surface area contributed by atoms with Crippen LogP contribution in [0.3, 0.4) is 0 Å². The highest BCUT2D eigenvalue weighted by atomic mass is 16.5. The molecule has 2 N–H and O–H groups in total. The van der Waals surface area contributed by atoms with Gasteiger partial charge in [-0.15, -0.1) is 0 Å². The van der Waals surface area contributed by atoms with Gasteiger partial charge in [-0.25, -0.2) is 9.78 Å². The number of aromatic amines is 1. The first-order chi connectivity index (χ1) is 11.2. The van der Waals surface area contributed by atoms with Gasteiger partial charge in [0.05, 0.1) is 12.9 Å². The Morgan fingerprint density at radius 3 is 2.65 bits per heavy atom. The highest BCUT2D eigenvalue weighted by Crippen LogP contribution is 2.06. The average molecular weight is 323 g/mol. The van der Waals surface area contributed by atoms with Gasteiger partial charge in [-0.2, -0.15) is 0 Å². The SMILES string of the molecule is CCCCCCCC(=O)N[C@@H](Cc1cnc[nH]1)C(=O)OCCC. The third-order valence-electron chi connectivity index (χ3n) is 3.55. The summed E-state index contributed by atoms with van der Waals surface area (Å²) in [6.45, 7) is 4.46. The van der Waals surface area contributed by atoms with Crippen LogP contribution in [-0.4, -0.2) is 34.5 Å². The molecule has 1 amide bonds. The molecule has 1 heterocycles. The van der Waals surface area contributed by atoms with Crippen molar-refractivity contribution in [3.05, 3.63) is 18.2 Å². The number of hydrogen-bond acceptors (Lipinski definition) is 4. The van der Waals surface area contributed by atoms with E-state index in [9.17, 15) is 9.59 Å². The minimum atomic E-state index is -0.662. The Hall–Kier alpha value is -1.85. The van der Waals surface area contributed by atoms with Gasteiger partial charge in [0.15, 0.2) is 0 Å². The molecule has 0 fully saturated rings. The van der Waals surface area contributed by atoms with Gasteiger partial charge in [0.1, 0.15) is 6.04 Å². The second-order valence-corrected chi connectivity index (χ2v) is 5.73. The summed E-state index contributed by atoms with van der Waals surface area (Å²) >= 11 is 0. The fraction of sp³-hybridized carbons (Fsp3) is 0.706. The van der Waals surface area contributed by atoms with Gasteiger partial charge < -0.3 is 15.0 Å². The number of ether oxygens (including phenoxy) is 1. The first-order valence-corrected chi connectivity index (χ1v) is 8.60. The molecule has 1 atom stereocenters. The van der Waals surface area contributed by atoms with Crippen molar-refractivity contribution in [3.63, 3.8) is 0 Å². The van der Waals surface area contributed by atoms with Crippen LogP contribution in [0.1, 0.15) is 64.5 Å². The number of amides is 1. The summed E-state index contributed by atoms with van der Waals surface area (Å²) in [4.78, 5) is 31.0. The number of nitrogens with zero attached hydrogens (tertiary/aromatic N) is 1. The Morgan fingerprint density at radius 1 is 1.22 bits per heavy atom. The molecular weight excluding hydrogens is 294 g/mol. The van der Waals surface area contributed by atoms with Crippen LogP contribution in [0.4, 0.5) is 0 Å². The van der Waals surface area contributed by atoms with Crippen molar-refractivity contribution in [2.75, 3.05) is 6.61 Å². The summed E-state index contributed by atoms with van der Waals surface area (Å²) < 4.78 is 5.17. The predicted octanol–water partition coefficient (Wildman–Crippen LogP) is 2.75. The number of hydrogen-bond donors (Lipinski definition) is 2. The monoisotopic (exact) mass is 323 g/mol. The number of H-pyrrole nitrogens is 1. The molecule has 0 radical (unpaired) electrons. The third-order valence-corrected chi connectivity index (χ3v) is 3.55. The molecule has 0 aromatic carbocycles. The van der Waals surface area contributed by atoms with Gasteiger partial charge in [0.25, 0.3) is 0 Å². The molecule has 130 valence electrons. The van der Waals surface area contributed by atoms with Gasteiger partial charge in [-0.3, -0.25) is 4.79 Å². The van der Waals surface area contributed by atoms with Gasteiger partial charge >= 0.3 is 5.97 Å². The predicted molar refractivity (Wildman–Crippen MR) is 88.8 cm³/mol. The molecule has 1 rings (SSSR count). The molecule has 0 aliphatic rings. The van der Waals surface area contributed by atoms with Crippen molar-refractivity contribution in [1.29, 1.82) is 0 Å². The molecule has 0 bridgehead atoms. The van der Waals surface area contributed by atoms with E-state index in [1.807, 2.05) is 6.92 Å². The molecule has 0 saturated carbocycles. The summed E-state index contributed by atoms with van der Waals surface area (Å²) in [6.07, 6.45) is 10.2. The van der Waals surface area contributed by atoms with Crippen LogP contribution in [0.25, 0.3) is 0 Å². The molecule has 1 aromatic heterocycles. The number of esters is 1. The summed E-state index contributed by atoms with van der Waals surface area (Å²) in [5, 5.41) is 2.79. The molecule has 6 nitrogen and oxygen atoms in total. The van der Waals surface area contributed by atoms with Crippen LogP contribution in [0.15, 0.2) is 12.5 Å². The van der Waals surface area contributed by atoms with E-state index in [-0.39, 0.29) is 11.9 Å².